The molecule has 0 amide bonds. The molecule has 0 atom stereocenters. The number of hydrogen-bond donors (Lipinski definition) is 0. The number of benzene rings is 1. The number of alkyl halides is 2. The predicted octanol–water partition coefficient (Wildman–Crippen LogP) is 3.88. The second-order valence-corrected chi connectivity index (χ2v) is 3.69. The lowest BCUT2D eigenvalue weighted by Crippen LogP contribution is -1.84. The van der Waals surface area contributed by atoms with Gasteiger partial charge < -0.3 is 0 Å². The van der Waals surface area contributed by atoms with Crippen LogP contribution < -0.4 is 0 Å². The van der Waals surface area contributed by atoms with Crippen molar-refractivity contribution in [1.29, 1.82) is 0 Å². The van der Waals surface area contributed by atoms with Crippen LogP contribution in [0.3, 0.4) is 0 Å². The highest BCUT2D eigenvalue weighted by Gasteiger charge is 2.07. The van der Waals surface area contributed by atoms with Crippen molar-refractivity contribution in [3.8, 4) is 0 Å². The third-order valence-electron chi connectivity index (χ3n) is 1.14. The van der Waals surface area contributed by atoms with Crippen molar-refractivity contribution in [3.05, 3.63) is 32.4 Å². The highest BCUT2D eigenvalue weighted by molar-refractivity contribution is 14.1. The molecule has 0 saturated carbocycles. The first-order chi connectivity index (χ1) is 5.09. The zero-order chi connectivity index (χ0) is 8.43. The summed E-state index contributed by atoms with van der Waals surface area (Å²) in [6.45, 7) is 0. The smallest absolute Gasteiger partial charge is 0.205 e. The van der Waals surface area contributed by atoms with Crippen LogP contribution in [0.4, 0.5) is 8.78 Å². The zero-order valence-corrected chi connectivity index (χ0v) is 8.23. The number of halogens is 4. The monoisotopic (exact) mass is 288 g/mol. The summed E-state index contributed by atoms with van der Waals surface area (Å²) in [5, 5.41) is 0.354. The summed E-state index contributed by atoms with van der Waals surface area (Å²) in [5.74, 6) is 0. The summed E-state index contributed by atoms with van der Waals surface area (Å²) in [6, 6.07) is 4.32. The quantitative estimate of drug-likeness (QED) is 0.688. The molecular formula is C7H4ClF2I. The highest BCUT2D eigenvalue weighted by Crippen LogP contribution is 2.24. The topological polar surface area (TPSA) is 0 Å². The molecule has 0 aliphatic heterocycles. The summed E-state index contributed by atoms with van der Waals surface area (Å²) in [5.41, 5.74) is -0.0260. The van der Waals surface area contributed by atoms with Crippen LogP contribution in [-0.4, -0.2) is 0 Å². The van der Waals surface area contributed by atoms with E-state index in [0.29, 0.717) is 5.02 Å². The van der Waals surface area contributed by atoms with E-state index in [1.807, 2.05) is 22.6 Å². The third-order valence-corrected chi connectivity index (χ3v) is 1.98. The Morgan fingerprint density at radius 2 is 1.91 bits per heavy atom. The van der Waals surface area contributed by atoms with Gasteiger partial charge in [-0.2, -0.15) is 0 Å². The molecule has 4 heteroatoms. The Balaban J connectivity index is 3.08. The zero-order valence-electron chi connectivity index (χ0n) is 5.32. The van der Waals surface area contributed by atoms with E-state index in [-0.39, 0.29) is 5.56 Å². The molecule has 0 radical (unpaired) electrons. The Kier molecular flexibility index (Phi) is 3.06. The van der Waals surface area contributed by atoms with Crippen LogP contribution in [0.1, 0.15) is 12.0 Å². The fourth-order valence-electron chi connectivity index (χ4n) is 0.701. The molecule has 0 spiro atoms. The molecule has 1 rings (SSSR count). The van der Waals surface area contributed by atoms with Crippen LogP contribution in [0.25, 0.3) is 0 Å². The van der Waals surface area contributed by atoms with Gasteiger partial charge in [-0.05, 0) is 40.8 Å². The van der Waals surface area contributed by atoms with Gasteiger partial charge in [0.2, 0.25) is 0 Å². The van der Waals surface area contributed by atoms with Crippen molar-refractivity contribution in [2.45, 2.75) is 6.43 Å². The minimum absolute atomic E-state index is 0.0260. The van der Waals surface area contributed by atoms with Gasteiger partial charge >= 0.3 is 0 Å². The fraction of sp³-hybridized carbons (Fsp3) is 0.143. The van der Waals surface area contributed by atoms with E-state index in [0.717, 1.165) is 3.57 Å². The average Bonchev–Trinajstić information content (AvgIpc) is 1.85. The molecule has 11 heavy (non-hydrogen) atoms. The van der Waals surface area contributed by atoms with Crippen LogP contribution in [-0.2, 0) is 0 Å². The first-order valence-corrected chi connectivity index (χ1v) is 4.29. The summed E-state index contributed by atoms with van der Waals surface area (Å²) >= 11 is 7.50. The maximum atomic E-state index is 12.1. The van der Waals surface area contributed by atoms with E-state index in [9.17, 15) is 8.78 Å². The van der Waals surface area contributed by atoms with Crippen LogP contribution in [0.5, 0.6) is 0 Å². The molecule has 0 aromatic heterocycles. The van der Waals surface area contributed by atoms with Crippen molar-refractivity contribution in [2.75, 3.05) is 0 Å². The molecule has 0 fully saturated rings. The third kappa shape index (κ3) is 2.56. The summed E-state index contributed by atoms with van der Waals surface area (Å²) < 4.78 is 24.9. The Morgan fingerprint density at radius 1 is 1.27 bits per heavy atom. The van der Waals surface area contributed by atoms with Crippen LogP contribution in [0, 0.1) is 3.57 Å². The van der Waals surface area contributed by atoms with E-state index < -0.39 is 6.43 Å². The van der Waals surface area contributed by atoms with Crippen molar-refractivity contribution < 1.29 is 8.78 Å². The summed E-state index contributed by atoms with van der Waals surface area (Å²) in [7, 11) is 0. The van der Waals surface area contributed by atoms with Gasteiger partial charge in [-0.3, -0.25) is 0 Å². The molecule has 0 aliphatic carbocycles. The van der Waals surface area contributed by atoms with E-state index in [4.69, 9.17) is 11.6 Å². The van der Waals surface area contributed by atoms with Crippen LogP contribution in [0.2, 0.25) is 5.02 Å². The molecule has 0 nitrogen and oxygen atoms in total. The molecular weight excluding hydrogens is 284 g/mol. The lowest BCUT2D eigenvalue weighted by molar-refractivity contribution is 0.151. The Labute approximate surface area is 81.7 Å². The van der Waals surface area contributed by atoms with Gasteiger partial charge in [0.15, 0.2) is 0 Å². The fourth-order valence-corrected chi connectivity index (χ4v) is 1.82. The molecule has 1 aromatic carbocycles. The molecule has 0 unspecified atom stereocenters. The lowest BCUT2D eigenvalue weighted by atomic mass is 10.2. The van der Waals surface area contributed by atoms with Crippen LogP contribution in [0.15, 0.2) is 18.2 Å². The maximum Gasteiger partial charge on any atom is 0.263 e. The maximum absolute atomic E-state index is 12.1. The predicted molar refractivity (Wildman–Crippen MR) is 49.1 cm³/mol. The summed E-state index contributed by atoms with van der Waals surface area (Å²) in [4.78, 5) is 0. The van der Waals surface area contributed by atoms with Crippen molar-refractivity contribution in [3.63, 3.8) is 0 Å². The second-order valence-electron chi connectivity index (χ2n) is 2.00. The Morgan fingerprint density at radius 3 is 2.36 bits per heavy atom. The molecule has 0 heterocycles. The van der Waals surface area contributed by atoms with Crippen molar-refractivity contribution in [2.24, 2.45) is 0 Å². The molecule has 0 N–H and O–H groups in total. The SMILES string of the molecule is FC(F)c1cc(Cl)cc(I)c1. The summed E-state index contributed by atoms with van der Waals surface area (Å²) in [6.07, 6.45) is -2.44. The average molecular weight is 288 g/mol. The molecule has 0 bridgehead atoms. The van der Waals surface area contributed by atoms with E-state index in [1.165, 1.54) is 12.1 Å². The van der Waals surface area contributed by atoms with Crippen LogP contribution >= 0.6 is 34.2 Å². The van der Waals surface area contributed by atoms with Gasteiger partial charge in [-0.1, -0.05) is 11.6 Å². The van der Waals surface area contributed by atoms with Crippen molar-refractivity contribution in [1.82, 2.24) is 0 Å². The minimum atomic E-state index is -2.44. The van der Waals surface area contributed by atoms with Gasteiger partial charge in [0.1, 0.15) is 0 Å². The van der Waals surface area contributed by atoms with Gasteiger partial charge in [-0.15, -0.1) is 0 Å². The normalized spacial score (nSPS) is 10.6. The second kappa shape index (κ2) is 3.67. The first-order valence-electron chi connectivity index (χ1n) is 2.84. The molecule has 60 valence electrons. The van der Waals surface area contributed by atoms with Crippen molar-refractivity contribution >= 4 is 34.2 Å². The Bertz CT molecular complexity index is 242. The Hall–Kier alpha value is 0.100. The van der Waals surface area contributed by atoms with Gasteiger partial charge in [-0.25, -0.2) is 8.78 Å². The number of hydrogen-bond acceptors (Lipinski definition) is 0. The standard InChI is InChI=1S/C7H4ClF2I/c8-5-1-4(7(9)10)2-6(11)3-5/h1-3,7H. The van der Waals surface area contributed by atoms with Gasteiger partial charge in [0.25, 0.3) is 6.43 Å². The first kappa shape index (κ1) is 9.19. The minimum Gasteiger partial charge on any atom is -0.205 e. The van der Waals surface area contributed by atoms with E-state index in [1.54, 1.807) is 6.07 Å². The molecule has 0 aliphatic rings. The molecule has 0 saturated heterocycles. The van der Waals surface area contributed by atoms with Gasteiger partial charge in [0.05, 0.1) is 0 Å². The number of rotatable bonds is 1. The van der Waals surface area contributed by atoms with Gasteiger partial charge in [0, 0.05) is 14.2 Å². The highest BCUT2D eigenvalue weighted by atomic mass is 127. The van der Waals surface area contributed by atoms with E-state index >= 15 is 0 Å². The largest absolute Gasteiger partial charge is 0.263 e. The van der Waals surface area contributed by atoms with E-state index in [2.05, 4.69) is 0 Å². The lowest BCUT2D eigenvalue weighted by Gasteiger charge is -2.00. The molecule has 1 aromatic rings.